The number of hydrogen-bond acceptors (Lipinski definition) is 2. The summed E-state index contributed by atoms with van der Waals surface area (Å²) in [5.41, 5.74) is 0.939. The molecule has 0 amide bonds. The van der Waals surface area contributed by atoms with Gasteiger partial charge in [-0.15, -0.1) is 0 Å². The zero-order chi connectivity index (χ0) is 9.14. The van der Waals surface area contributed by atoms with E-state index >= 15 is 0 Å². The van der Waals surface area contributed by atoms with Crippen LogP contribution < -0.4 is 0 Å². The smallest absolute Gasteiger partial charge is 0.243 e. The van der Waals surface area contributed by atoms with Gasteiger partial charge in [0, 0.05) is 24.4 Å². The maximum absolute atomic E-state index is 10.8. The number of aromatic nitrogens is 2. The Morgan fingerprint density at radius 2 is 2.50 bits per heavy atom. The Morgan fingerprint density at radius 3 is 2.92 bits per heavy atom. The summed E-state index contributed by atoms with van der Waals surface area (Å²) in [5.74, 6) is -0.0523. The highest BCUT2D eigenvalue weighted by Gasteiger charge is 2.04. The summed E-state index contributed by atoms with van der Waals surface area (Å²) < 4.78 is 1.35. The largest absolute Gasteiger partial charge is 0.273 e. The first-order chi connectivity index (χ1) is 5.59. The Kier molecular flexibility index (Phi) is 3.03. The molecule has 0 aliphatic rings. The van der Waals surface area contributed by atoms with Gasteiger partial charge >= 0.3 is 0 Å². The van der Waals surface area contributed by atoms with Crippen molar-refractivity contribution in [3.63, 3.8) is 0 Å². The van der Waals surface area contributed by atoms with Crippen molar-refractivity contribution in [3.05, 3.63) is 18.0 Å². The number of nitrogens with zero attached hydrogens (tertiary/aromatic N) is 2. The first-order valence-electron chi connectivity index (χ1n) is 3.79. The van der Waals surface area contributed by atoms with E-state index in [1.54, 1.807) is 6.20 Å². The van der Waals surface area contributed by atoms with Gasteiger partial charge in [-0.2, -0.15) is 5.10 Å². The number of alkyl halides is 1. The SMILES string of the molecule is CC(=O)n1ccc(CC(C)Br)n1. The van der Waals surface area contributed by atoms with Crippen molar-refractivity contribution >= 4 is 21.8 Å². The number of rotatable bonds is 2. The highest BCUT2D eigenvalue weighted by atomic mass is 79.9. The van der Waals surface area contributed by atoms with Crippen LogP contribution in [0.2, 0.25) is 0 Å². The Bertz CT molecular complexity index is 280. The number of carbonyl (C=O) groups excluding carboxylic acids is 1. The molecule has 1 atom stereocenters. The van der Waals surface area contributed by atoms with Crippen LogP contribution in [0.4, 0.5) is 0 Å². The molecule has 1 rings (SSSR count). The van der Waals surface area contributed by atoms with E-state index in [2.05, 4.69) is 21.0 Å². The molecular formula is C8H11BrN2O. The van der Waals surface area contributed by atoms with E-state index in [0.717, 1.165) is 12.1 Å². The fraction of sp³-hybridized carbons (Fsp3) is 0.500. The number of halogens is 1. The average molecular weight is 231 g/mol. The van der Waals surface area contributed by atoms with E-state index in [1.165, 1.54) is 11.6 Å². The van der Waals surface area contributed by atoms with Gasteiger partial charge in [0.05, 0.1) is 5.69 Å². The van der Waals surface area contributed by atoms with E-state index in [0.29, 0.717) is 4.83 Å². The summed E-state index contributed by atoms with van der Waals surface area (Å²) in [7, 11) is 0. The van der Waals surface area contributed by atoms with Crippen LogP contribution in [0.25, 0.3) is 0 Å². The molecule has 0 saturated carbocycles. The lowest BCUT2D eigenvalue weighted by molar-refractivity contribution is 0.0920. The quantitative estimate of drug-likeness (QED) is 0.728. The molecule has 66 valence electrons. The lowest BCUT2D eigenvalue weighted by atomic mass is 10.3. The third-order valence-electron chi connectivity index (χ3n) is 1.46. The van der Waals surface area contributed by atoms with Gasteiger partial charge in [-0.05, 0) is 6.07 Å². The molecule has 0 radical (unpaired) electrons. The molecule has 0 N–H and O–H groups in total. The van der Waals surface area contributed by atoms with E-state index in [4.69, 9.17) is 0 Å². The van der Waals surface area contributed by atoms with Gasteiger partial charge in [-0.1, -0.05) is 22.9 Å². The third-order valence-corrected chi connectivity index (χ3v) is 1.78. The molecule has 0 aliphatic heterocycles. The normalized spacial score (nSPS) is 12.9. The Morgan fingerprint density at radius 1 is 1.83 bits per heavy atom. The van der Waals surface area contributed by atoms with Gasteiger partial charge in [-0.25, -0.2) is 4.68 Å². The Balaban J connectivity index is 2.71. The second kappa shape index (κ2) is 3.85. The maximum atomic E-state index is 10.8. The van der Waals surface area contributed by atoms with Crippen LogP contribution >= 0.6 is 15.9 Å². The van der Waals surface area contributed by atoms with E-state index in [9.17, 15) is 4.79 Å². The fourth-order valence-electron chi connectivity index (χ4n) is 0.934. The van der Waals surface area contributed by atoms with Gasteiger partial charge in [0.15, 0.2) is 0 Å². The Hall–Kier alpha value is -0.640. The Labute approximate surface area is 79.9 Å². The number of hydrogen-bond donors (Lipinski definition) is 0. The lowest BCUT2D eigenvalue weighted by Crippen LogP contribution is -2.07. The molecule has 3 nitrogen and oxygen atoms in total. The van der Waals surface area contributed by atoms with Crippen LogP contribution in [0.1, 0.15) is 24.3 Å². The molecule has 12 heavy (non-hydrogen) atoms. The summed E-state index contributed by atoms with van der Waals surface area (Å²) in [4.78, 5) is 11.2. The molecular weight excluding hydrogens is 220 g/mol. The topological polar surface area (TPSA) is 34.9 Å². The molecule has 1 aromatic heterocycles. The van der Waals surface area contributed by atoms with Crippen molar-refractivity contribution in [2.24, 2.45) is 0 Å². The van der Waals surface area contributed by atoms with Crippen molar-refractivity contribution in [2.75, 3.05) is 0 Å². The molecule has 4 heteroatoms. The van der Waals surface area contributed by atoms with E-state index < -0.39 is 0 Å². The molecule has 0 spiro atoms. The monoisotopic (exact) mass is 230 g/mol. The highest BCUT2D eigenvalue weighted by Crippen LogP contribution is 2.06. The van der Waals surface area contributed by atoms with Crippen molar-refractivity contribution in [3.8, 4) is 0 Å². The van der Waals surface area contributed by atoms with Crippen LogP contribution in [0.5, 0.6) is 0 Å². The predicted octanol–water partition coefficient (Wildman–Crippen LogP) is 1.87. The van der Waals surface area contributed by atoms with Crippen molar-refractivity contribution in [1.82, 2.24) is 9.78 Å². The van der Waals surface area contributed by atoms with Crippen LogP contribution in [0, 0.1) is 0 Å². The average Bonchev–Trinajstić information content (AvgIpc) is 2.34. The standard InChI is InChI=1S/C8H11BrN2O/c1-6(9)5-8-3-4-11(10-8)7(2)12/h3-4,6H,5H2,1-2H3. The summed E-state index contributed by atoms with van der Waals surface area (Å²) in [6.07, 6.45) is 2.54. The second-order valence-corrected chi connectivity index (χ2v) is 4.32. The summed E-state index contributed by atoms with van der Waals surface area (Å²) in [6.45, 7) is 3.54. The lowest BCUT2D eigenvalue weighted by Gasteiger charge is -1.97. The van der Waals surface area contributed by atoms with Gasteiger partial charge in [0.1, 0.15) is 0 Å². The van der Waals surface area contributed by atoms with Crippen LogP contribution in [0.3, 0.4) is 0 Å². The van der Waals surface area contributed by atoms with Crippen LogP contribution in [0.15, 0.2) is 12.3 Å². The molecule has 0 aromatic carbocycles. The molecule has 1 unspecified atom stereocenters. The predicted molar refractivity (Wildman–Crippen MR) is 50.6 cm³/mol. The summed E-state index contributed by atoms with van der Waals surface area (Å²) >= 11 is 3.42. The zero-order valence-electron chi connectivity index (χ0n) is 7.12. The first kappa shape index (κ1) is 9.45. The van der Waals surface area contributed by atoms with Crippen molar-refractivity contribution in [2.45, 2.75) is 25.1 Å². The van der Waals surface area contributed by atoms with Crippen molar-refractivity contribution in [1.29, 1.82) is 0 Å². The third kappa shape index (κ3) is 2.44. The first-order valence-corrected chi connectivity index (χ1v) is 4.70. The molecule has 1 heterocycles. The van der Waals surface area contributed by atoms with Gasteiger partial charge in [0.2, 0.25) is 5.91 Å². The minimum Gasteiger partial charge on any atom is -0.273 e. The second-order valence-electron chi connectivity index (χ2n) is 2.76. The summed E-state index contributed by atoms with van der Waals surface area (Å²) in [6, 6.07) is 1.86. The summed E-state index contributed by atoms with van der Waals surface area (Å²) in [5, 5.41) is 4.09. The molecule has 0 fully saturated rings. The minimum absolute atomic E-state index is 0.0523. The zero-order valence-corrected chi connectivity index (χ0v) is 8.71. The fourth-order valence-corrected chi connectivity index (χ4v) is 1.27. The minimum atomic E-state index is -0.0523. The number of carbonyl (C=O) groups is 1. The molecule has 0 bridgehead atoms. The van der Waals surface area contributed by atoms with Crippen LogP contribution in [-0.2, 0) is 6.42 Å². The van der Waals surface area contributed by atoms with Gasteiger partial charge < -0.3 is 0 Å². The van der Waals surface area contributed by atoms with E-state index in [1.807, 2.05) is 13.0 Å². The van der Waals surface area contributed by atoms with Gasteiger partial charge in [0.25, 0.3) is 0 Å². The molecule has 0 saturated heterocycles. The van der Waals surface area contributed by atoms with Gasteiger partial charge in [-0.3, -0.25) is 4.79 Å². The maximum Gasteiger partial charge on any atom is 0.243 e. The van der Waals surface area contributed by atoms with Crippen molar-refractivity contribution < 1.29 is 4.79 Å². The van der Waals surface area contributed by atoms with E-state index in [-0.39, 0.29) is 5.91 Å². The highest BCUT2D eigenvalue weighted by molar-refractivity contribution is 9.09. The molecule has 0 aliphatic carbocycles. The molecule has 1 aromatic rings. The van der Waals surface area contributed by atoms with Crippen LogP contribution in [-0.4, -0.2) is 20.5 Å².